The molecule has 78 valence electrons. The Kier molecular flexibility index (Phi) is 4.11. The lowest BCUT2D eigenvalue weighted by Gasteiger charge is -2.10. The maximum atomic E-state index is 10.9. The quantitative estimate of drug-likeness (QED) is 0.277. The van der Waals surface area contributed by atoms with Gasteiger partial charge in [0.25, 0.3) is 0 Å². The number of rotatable bonds is 3. The van der Waals surface area contributed by atoms with E-state index in [0.717, 1.165) is 26.5 Å². The molecule has 0 amide bonds. The van der Waals surface area contributed by atoms with Gasteiger partial charge in [-0.05, 0) is 64.7 Å². The van der Waals surface area contributed by atoms with Crippen LogP contribution in [0, 0.1) is 17.4 Å². The van der Waals surface area contributed by atoms with Crippen molar-refractivity contribution in [2.24, 2.45) is 5.11 Å². The summed E-state index contributed by atoms with van der Waals surface area (Å²) in [6, 6.07) is 1.95. The summed E-state index contributed by atoms with van der Waals surface area (Å²) in [5.74, 6) is 0. The van der Waals surface area contributed by atoms with Crippen LogP contribution in [-0.4, -0.2) is 6.29 Å². The Bertz CT molecular complexity index is 450. The van der Waals surface area contributed by atoms with Gasteiger partial charge in [-0.3, -0.25) is 4.79 Å². The van der Waals surface area contributed by atoms with Crippen molar-refractivity contribution in [2.45, 2.75) is 20.4 Å². The molecular weight excluding hydrogens is 305 g/mol. The third-order valence-corrected chi connectivity index (χ3v) is 3.49. The zero-order valence-electron chi connectivity index (χ0n) is 8.49. The SMILES string of the molecule is Cc1c(I)cc(CN=[N+]=[N-])c(C)c1C=O. The van der Waals surface area contributed by atoms with Crippen molar-refractivity contribution >= 4 is 28.9 Å². The molecule has 0 aliphatic heterocycles. The minimum absolute atomic E-state index is 0.291. The minimum atomic E-state index is 0.291. The highest BCUT2D eigenvalue weighted by atomic mass is 127. The van der Waals surface area contributed by atoms with Crippen molar-refractivity contribution < 1.29 is 4.79 Å². The van der Waals surface area contributed by atoms with Crippen molar-refractivity contribution in [1.29, 1.82) is 0 Å². The lowest BCUT2D eigenvalue weighted by molar-refractivity contribution is 0.112. The summed E-state index contributed by atoms with van der Waals surface area (Å²) < 4.78 is 1.02. The van der Waals surface area contributed by atoms with Crippen molar-refractivity contribution in [3.8, 4) is 0 Å². The molecule has 0 atom stereocenters. The molecule has 0 fully saturated rings. The summed E-state index contributed by atoms with van der Waals surface area (Å²) >= 11 is 2.17. The van der Waals surface area contributed by atoms with E-state index in [1.54, 1.807) is 0 Å². The highest BCUT2D eigenvalue weighted by Crippen LogP contribution is 2.23. The van der Waals surface area contributed by atoms with Gasteiger partial charge in [0.1, 0.15) is 0 Å². The average Bonchev–Trinajstić information content (AvgIpc) is 2.22. The molecule has 1 aromatic rings. The van der Waals surface area contributed by atoms with E-state index < -0.39 is 0 Å². The van der Waals surface area contributed by atoms with Gasteiger partial charge in [-0.2, -0.15) is 0 Å². The third kappa shape index (κ3) is 2.49. The highest BCUT2D eigenvalue weighted by Gasteiger charge is 2.09. The minimum Gasteiger partial charge on any atom is -0.298 e. The normalized spacial score (nSPS) is 9.53. The van der Waals surface area contributed by atoms with Crippen LogP contribution < -0.4 is 0 Å². The van der Waals surface area contributed by atoms with Gasteiger partial charge in [0.15, 0.2) is 6.29 Å². The molecule has 5 heteroatoms. The second kappa shape index (κ2) is 5.14. The molecule has 4 nitrogen and oxygen atoms in total. The molecule has 0 unspecified atom stereocenters. The van der Waals surface area contributed by atoms with Crippen LogP contribution in [0.1, 0.15) is 27.0 Å². The Morgan fingerprint density at radius 2 is 2.20 bits per heavy atom. The molecule has 0 bridgehead atoms. The van der Waals surface area contributed by atoms with Crippen LogP contribution in [0.3, 0.4) is 0 Å². The first kappa shape index (κ1) is 12.0. The fraction of sp³-hybridized carbons (Fsp3) is 0.300. The van der Waals surface area contributed by atoms with E-state index in [0.29, 0.717) is 12.1 Å². The Labute approximate surface area is 101 Å². The molecule has 0 saturated heterocycles. The molecule has 0 heterocycles. The maximum Gasteiger partial charge on any atom is 0.150 e. The monoisotopic (exact) mass is 315 g/mol. The van der Waals surface area contributed by atoms with Crippen LogP contribution in [0.5, 0.6) is 0 Å². The fourth-order valence-corrected chi connectivity index (χ4v) is 2.07. The van der Waals surface area contributed by atoms with Crippen LogP contribution in [0.25, 0.3) is 10.4 Å². The number of aldehydes is 1. The molecule has 0 spiro atoms. The topological polar surface area (TPSA) is 65.8 Å². The fourth-order valence-electron chi connectivity index (χ4n) is 1.40. The smallest absolute Gasteiger partial charge is 0.150 e. The summed E-state index contributed by atoms with van der Waals surface area (Å²) in [6.07, 6.45) is 0.854. The number of benzene rings is 1. The number of hydrogen-bond donors (Lipinski definition) is 0. The number of carbonyl (C=O) groups is 1. The van der Waals surface area contributed by atoms with E-state index in [1.165, 1.54) is 0 Å². The zero-order valence-corrected chi connectivity index (χ0v) is 10.6. The molecule has 0 aliphatic carbocycles. The van der Waals surface area contributed by atoms with Crippen LogP contribution >= 0.6 is 22.6 Å². The Morgan fingerprint density at radius 3 is 2.73 bits per heavy atom. The third-order valence-electron chi connectivity index (χ3n) is 2.37. The maximum absolute atomic E-state index is 10.9. The number of carbonyl (C=O) groups excluding carboxylic acids is 1. The van der Waals surface area contributed by atoms with Crippen LogP contribution in [-0.2, 0) is 6.54 Å². The van der Waals surface area contributed by atoms with Gasteiger partial charge in [0.2, 0.25) is 0 Å². The summed E-state index contributed by atoms with van der Waals surface area (Å²) in [4.78, 5) is 13.6. The van der Waals surface area contributed by atoms with Gasteiger partial charge in [0.05, 0.1) is 6.54 Å². The first-order chi connectivity index (χ1) is 7.11. The Morgan fingerprint density at radius 1 is 1.53 bits per heavy atom. The van der Waals surface area contributed by atoms with Gasteiger partial charge in [0, 0.05) is 14.0 Å². The first-order valence-corrected chi connectivity index (χ1v) is 5.44. The van der Waals surface area contributed by atoms with Crippen molar-refractivity contribution in [3.63, 3.8) is 0 Å². The highest BCUT2D eigenvalue weighted by molar-refractivity contribution is 14.1. The molecular formula is C10H10IN3O. The number of azide groups is 1. The van der Waals surface area contributed by atoms with E-state index in [2.05, 4.69) is 32.6 Å². The molecule has 1 aromatic carbocycles. The largest absolute Gasteiger partial charge is 0.298 e. The van der Waals surface area contributed by atoms with E-state index in [1.807, 2.05) is 19.9 Å². The number of hydrogen-bond acceptors (Lipinski definition) is 2. The van der Waals surface area contributed by atoms with Crippen LogP contribution in [0.4, 0.5) is 0 Å². The summed E-state index contributed by atoms with van der Waals surface area (Å²) in [7, 11) is 0. The molecule has 0 saturated carbocycles. The second-order valence-corrected chi connectivity index (χ2v) is 4.35. The lowest BCUT2D eigenvalue weighted by atomic mass is 9.99. The first-order valence-electron chi connectivity index (χ1n) is 4.36. The summed E-state index contributed by atoms with van der Waals surface area (Å²) in [5.41, 5.74) is 11.7. The molecule has 0 aromatic heterocycles. The molecule has 0 radical (unpaired) electrons. The second-order valence-electron chi connectivity index (χ2n) is 3.19. The average molecular weight is 315 g/mol. The predicted molar refractivity (Wildman–Crippen MR) is 66.9 cm³/mol. The van der Waals surface area contributed by atoms with Gasteiger partial charge >= 0.3 is 0 Å². The number of halogens is 1. The lowest BCUT2D eigenvalue weighted by Crippen LogP contribution is -1.99. The predicted octanol–water partition coefficient (Wildman–Crippen LogP) is 3.53. The van der Waals surface area contributed by atoms with E-state index in [9.17, 15) is 4.79 Å². The van der Waals surface area contributed by atoms with Gasteiger partial charge in [-0.25, -0.2) is 0 Å². The van der Waals surface area contributed by atoms with Crippen molar-refractivity contribution in [3.05, 3.63) is 42.3 Å². The van der Waals surface area contributed by atoms with Gasteiger partial charge < -0.3 is 0 Å². The van der Waals surface area contributed by atoms with Gasteiger partial charge in [-0.15, -0.1) is 0 Å². The standard InChI is InChI=1S/C10H10IN3O/c1-6-8(4-13-14-12)3-10(11)7(2)9(6)5-15/h3,5H,4H2,1-2H3. The van der Waals surface area contributed by atoms with Gasteiger partial charge in [-0.1, -0.05) is 5.11 Å². The summed E-state index contributed by atoms with van der Waals surface area (Å²) in [5, 5.41) is 3.51. The van der Waals surface area contributed by atoms with E-state index in [4.69, 9.17) is 5.53 Å². The number of nitrogens with zero attached hydrogens (tertiary/aromatic N) is 3. The van der Waals surface area contributed by atoms with E-state index >= 15 is 0 Å². The van der Waals surface area contributed by atoms with Crippen LogP contribution in [0.15, 0.2) is 11.2 Å². The molecule has 0 aliphatic rings. The molecule has 15 heavy (non-hydrogen) atoms. The van der Waals surface area contributed by atoms with E-state index in [-0.39, 0.29) is 0 Å². The summed E-state index contributed by atoms with van der Waals surface area (Å²) in [6.45, 7) is 4.07. The van der Waals surface area contributed by atoms with Crippen LogP contribution in [0.2, 0.25) is 0 Å². The van der Waals surface area contributed by atoms with Crippen molar-refractivity contribution in [2.75, 3.05) is 0 Å². The van der Waals surface area contributed by atoms with Crippen molar-refractivity contribution in [1.82, 2.24) is 0 Å². The zero-order chi connectivity index (χ0) is 11.4. The Balaban J connectivity index is 3.35. The molecule has 0 N–H and O–H groups in total. The Hall–Kier alpha value is -1.07. The molecule has 1 rings (SSSR count).